The fourth-order valence-corrected chi connectivity index (χ4v) is 3.13. The molecule has 1 aliphatic heterocycles. The number of carboxylic acids is 1. The van der Waals surface area contributed by atoms with Crippen molar-refractivity contribution in [2.45, 2.75) is 12.5 Å². The number of nitrogens with zero attached hydrogens (tertiary/aromatic N) is 2. The van der Waals surface area contributed by atoms with Gasteiger partial charge in [0, 0.05) is 35.1 Å². The summed E-state index contributed by atoms with van der Waals surface area (Å²) in [7, 11) is 0. The largest absolute Gasteiger partial charge is 0.550 e. The minimum atomic E-state index is -1.53. The van der Waals surface area contributed by atoms with Crippen LogP contribution < -0.4 is 5.11 Å². The highest BCUT2D eigenvalue weighted by Gasteiger charge is 2.41. The number of imide groups is 1. The van der Waals surface area contributed by atoms with Crippen LogP contribution in [0.4, 0.5) is 5.69 Å². The molecule has 3 rings (SSSR count). The van der Waals surface area contributed by atoms with Crippen molar-refractivity contribution in [2.75, 3.05) is 0 Å². The molecule has 132 valence electrons. The van der Waals surface area contributed by atoms with Crippen LogP contribution in [0.15, 0.2) is 42.5 Å². The standard InChI is InChI=1S/C17H11ClN2O6/c18-13-6-5-9(20(25)26)7-12(13)14(8-15(21)22)19-16(23)10-3-1-2-4-11(10)17(19)24/h1-7,14H,8H2,(H,21,22)/p-1/t14-/m1/s1. The number of aliphatic carboxylic acids is 1. The number of non-ortho nitro benzene ring substituents is 1. The first-order valence-corrected chi connectivity index (χ1v) is 7.79. The Hall–Kier alpha value is -3.26. The zero-order valence-electron chi connectivity index (χ0n) is 13.0. The molecule has 26 heavy (non-hydrogen) atoms. The lowest BCUT2D eigenvalue weighted by Gasteiger charge is -2.27. The maximum atomic E-state index is 12.6. The predicted octanol–water partition coefficient (Wildman–Crippen LogP) is 1.73. The Labute approximate surface area is 151 Å². The molecule has 0 bridgehead atoms. The van der Waals surface area contributed by atoms with E-state index in [0.29, 0.717) is 0 Å². The lowest BCUT2D eigenvalue weighted by molar-refractivity contribution is -0.385. The van der Waals surface area contributed by atoms with Crippen LogP contribution in [0.5, 0.6) is 0 Å². The number of carbonyl (C=O) groups excluding carboxylic acids is 3. The van der Waals surface area contributed by atoms with Gasteiger partial charge in [0.1, 0.15) is 0 Å². The Bertz CT molecular complexity index is 923. The molecule has 8 nitrogen and oxygen atoms in total. The van der Waals surface area contributed by atoms with Crippen molar-refractivity contribution in [1.29, 1.82) is 0 Å². The molecular weight excluding hydrogens is 364 g/mol. The summed E-state index contributed by atoms with van der Waals surface area (Å²) in [5.74, 6) is -2.92. The third-order valence-electron chi connectivity index (χ3n) is 4.05. The molecule has 1 aliphatic rings. The molecule has 0 unspecified atom stereocenters. The van der Waals surface area contributed by atoms with Crippen LogP contribution in [0.1, 0.15) is 38.7 Å². The molecule has 1 atom stereocenters. The molecule has 1 heterocycles. The summed E-state index contributed by atoms with van der Waals surface area (Å²) in [6.45, 7) is 0. The van der Waals surface area contributed by atoms with Crippen molar-refractivity contribution in [1.82, 2.24) is 4.90 Å². The molecular formula is C17H10ClN2O6-. The molecule has 0 aromatic heterocycles. The van der Waals surface area contributed by atoms with Gasteiger partial charge in [-0.2, -0.15) is 0 Å². The van der Waals surface area contributed by atoms with Gasteiger partial charge in [-0.15, -0.1) is 0 Å². The van der Waals surface area contributed by atoms with Crippen LogP contribution in [0.25, 0.3) is 0 Å². The second kappa shape index (κ2) is 6.57. The number of rotatable bonds is 5. The molecule has 0 saturated carbocycles. The van der Waals surface area contributed by atoms with Gasteiger partial charge in [0.2, 0.25) is 0 Å². The minimum Gasteiger partial charge on any atom is -0.550 e. The van der Waals surface area contributed by atoms with Crippen LogP contribution in [0.2, 0.25) is 5.02 Å². The van der Waals surface area contributed by atoms with Gasteiger partial charge >= 0.3 is 0 Å². The zero-order chi connectivity index (χ0) is 19.0. The van der Waals surface area contributed by atoms with E-state index >= 15 is 0 Å². The molecule has 0 radical (unpaired) electrons. The molecule has 0 fully saturated rings. The van der Waals surface area contributed by atoms with Crippen LogP contribution in [-0.2, 0) is 4.79 Å². The lowest BCUT2D eigenvalue weighted by Crippen LogP contribution is -2.38. The van der Waals surface area contributed by atoms with E-state index < -0.39 is 35.2 Å². The Morgan fingerprint density at radius 1 is 1.12 bits per heavy atom. The van der Waals surface area contributed by atoms with E-state index in [2.05, 4.69) is 0 Å². The number of halogens is 1. The monoisotopic (exact) mass is 373 g/mol. The van der Waals surface area contributed by atoms with E-state index in [1.54, 1.807) is 12.1 Å². The predicted molar refractivity (Wildman–Crippen MR) is 87.4 cm³/mol. The number of nitro benzene ring substituents is 1. The summed E-state index contributed by atoms with van der Waals surface area (Å²) in [6, 6.07) is 8.11. The average molecular weight is 374 g/mol. The van der Waals surface area contributed by atoms with Gasteiger partial charge in [-0.25, -0.2) is 0 Å². The first kappa shape index (κ1) is 17.6. The second-order valence-electron chi connectivity index (χ2n) is 5.58. The van der Waals surface area contributed by atoms with E-state index in [-0.39, 0.29) is 27.4 Å². The smallest absolute Gasteiger partial charge is 0.269 e. The van der Waals surface area contributed by atoms with E-state index in [4.69, 9.17) is 11.6 Å². The number of benzene rings is 2. The van der Waals surface area contributed by atoms with E-state index in [9.17, 15) is 29.6 Å². The van der Waals surface area contributed by atoms with Gasteiger partial charge in [0.05, 0.1) is 22.1 Å². The number of hydrogen-bond donors (Lipinski definition) is 0. The van der Waals surface area contributed by atoms with Gasteiger partial charge in [-0.1, -0.05) is 23.7 Å². The Morgan fingerprint density at radius 2 is 1.69 bits per heavy atom. The first-order chi connectivity index (χ1) is 12.3. The van der Waals surface area contributed by atoms with Crippen LogP contribution >= 0.6 is 11.6 Å². The Balaban J connectivity index is 2.13. The third kappa shape index (κ3) is 2.91. The molecule has 2 aromatic carbocycles. The highest BCUT2D eigenvalue weighted by Crippen LogP contribution is 2.37. The number of carboxylic acid groups (broad SMARTS) is 1. The summed E-state index contributed by atoms with van der Waals surface area (Å²) in [6.07, 6.45) is -0.744. The molecule has 9 heteroatoms. The summed E-state index contributed by atoms with van der Waals surface area (Å²) in [4.78, 5) is 47.6. The highest BCUT2D eigenvalue weighted by molar-refractivity contribution is 6.31. The third-order valence-corrected chi connectivity index (χ3v) is 4.39. The van der Waals surface area contributed by atoms with Crippen molar-refractivity contribution in [2.24, 2.45) is 0 Å². The summed E-state index contributed by atoms with van der Waals surface area (Å²) < 4.78 is 0. The average Bonchev–Trinajstić information content (AvgIpc) is 2.85. The summed E-state index contributed by atoms with van der Waals surface area (Å²) >= 11 is 6.08. The number of fused-ring (bicyclic) bond motifs is 1. The molecule has 0 spiro atoms. The maximum Gasteiger partial charge on any atom is 0.269 e. The maximum absolute atomic E-state index is 12.6. The van der Waals surface area contributed by atoms with Crippen LogP contribution in [-0.4, -0.2) is 27.6 Å². The number of nitro groups is 1. The van der Waals surface area contributed by atoms with Gasteiger partial charge < -0.3 is 9.90 Å². The fraction of sp³-hybridized carbons (Fsp3) is 0.118. The number of carbonyl (C=O) groups is 3. The SMILES string of the molecule is O=C([O-])C[C@H](c1cc([N+](=O)[O-])ccc1Cl)N1C(=O)c2ccccc2C1=O. The van der Waals surface area contributed by atoms with Crippen molar-refractivity contribution in [3.05, 3.63) is 74.3 Å². The fourth-order valence-electron chi connectivity index (χ4n) is 2.89. The molecule has 0 N–H and O–H groups in total. The van der Waals surface area contributed by atoms with E-state index in [0.717, 1.165) is 17.0 Å². The van der Waals surface area contributed by atoms with Crippen molar-refractivity contribution in [3.8, 4) is 0 Å². The molecule has 0 saturated heterocycles. The number of amides is 2. The zero-order valence-corrected chi connectivity index (χ0v) is 13.8. The Morgan fingerprint density at radius 3 is 2.19 bits per heavy atom. The van der Waals surface area contributed by atoms with E-state index in [1.165, 1.54) is 18.2 Å². The molecule has 2 aromatic rings. The van der Waals surface area contributed by atoms with Gasteiger partial charge in [-0.05, 0) is 18.2 Å². The Kier molecular flexibility index (Phi) is 4.43. The minimum absolute atomic E-state index is 0.00148. The van der Waals surface area contributed by atoms with Crippen molar-refractivity contribution < 1.29 is 24.4 Å². The quantitative estimate of drug-likeness (QED) is 0.447. The van der Waals surface area contributed by atoms with Gasteiger partial charge in [0.25, 0.3) is 17.5 Å². The number of hydrogen-bond acceptors (Lipinski definition) is 6. The summed E-state index contributed by atoms with van der Waals surface area (Å²) in [5.41, 5.74) is -0.103. The lowest BCUT2D eigenvalue weighted by atomic mass is 10.0. The topological polar surface area (TPSA) is 121 Å². The molecule has 0 aliphatic carbocycles. The van der Waals surface area contributed by atoms with Crippen molar-refractivity contribution in [3.63, 3.8) is 0 Å². The van der Waals surface area contributed by atoms with Crippen LogP contribution in [0, 0.1) is 10.1 Å². The first-order valence-electron chi connectivity index (χ1n) is 7.42. The second-order valence-corrected chi connectivity index (χ2v) is 5.99. The van der Waals surface area contributed by atoms with Crippen LogP contribution in [0.3, 0.4) is 0 Å². The van der Waals surface area contributed by atoms with Gasteiger partial charge in [0.15, 0.2) is 0 Å². The summed E-state index contributed by atoms with van der Waals surface area (Å²) in [5, 5.41) is 22.2. The van der Waals surface area contributed by atoms with E-state index in [1.807, 2.05) is 0 Å². The van der Waals surface area contributed by atoms with Gasteiger partial charge in [-0.3, -0.25) is 24.6 Å². The van der Waals surface area contributed by atoms with Crippen molar-refractivity contribution >= 4 is 35.1 Å². The highest BCUT2D eigenvalue weighted by atomic mass is 35.5. The normalized spacial score (nSPS) is 14.3. The molecule has 2 amide bonds.